The molecule has 0 heterocycles. The van der Waals surface area contributed by atoms with Gasteiger partial charge in [-0.1, -0.05) is 29.8 Å². The third-order valence-electron chi connectivity index (χ3n) is 2.72. The van der Waals surface area contributed by atoms with Gasteiger partial charge in [0.15, 0.2) is 0 Å². The van der Waals surface area contributed by atoms with Gasteiger partial charge >= 0.3 is 0 Å². The molecule has 0 aliphatic carbocycles. The average Bonchev–Trinajstić information content (AvgIpc) is 2.38. The van der Waals surface area contributed by atoms with Crippen LogP contribution in [0.25, 0.3) is 0 Å². The van der Waals surface area contributed by atoms with Crippen LogP contribution in [-0.2, 0) is 0 Å². The molecule has 2 N–H and O–H groups in total. The Bertz CT molecular complexity index is 510. The van der Waals surface area contributed by atoms with E-state index in [-0.39, 0.29) is 6.10 Å². The highest BCUT2D eigenvalue weighted by Crippen LogP contribution is 2.22. The first kappa shape index (κ1) is 13.4. The van der Waals surface area contributed by atoms with Gasteiger partial charge in [0.05, 0.1) is 0 Å². The highest BCUT2D eigenvalue weighted by atomic mass is 127. The van der Waals surface area contributed by atoms with Crippen LogP contribution in [0.4, 0.5) is 0 Å². The summed E-state index contributed by atoms with van der Waals surface area (Å²) in [4.78, 5) is 0. The van der Waals surface area contributed by atoms with E-state index in [1.807, 2.05) is 30.3 Å². The van der Waals surface area contributed by atoms with Crippen molar-refractivity contribution in [2.45, 2.75) is 13.0 Å². The summed E-state index contributed by atoms with van der Waals surface area (Å²) in [6.45, 7) is 2.54. The molecule has 0 amide bonds. The molecule has 2 aromatic rings. The Hall–Kier alpha value is -1.07. The fourth-order valence-corrected chi connectivity index (χ4v) is 2.16. The summed E-state index contributed by atoms with van der Waals surface area (Å²) in [5.41, 5.74) is 8.15. The summed E-state index contributed by atoms with van der Waals surface area (Å²) in [6, 6.07) is 16.3. The lowest BCUT2D eigenvalue weighted by atomic mass is 10.1. The lowest BCUT2D eigenvalue weighted by Crippen LogP contribution is -2.18. The lowest BCUT2D eigenvalue weighted by molar-refractivity contribution is 0.214. The van der Waals surface area contributed by atoms with E-state index in [0.29, 0.717) is 6.54 Å². The van der Waals surface area contributed by atoms with Crippen LogP contribution in [0.15, 0.2) is 48.5 Å². The van der Waals surface area contributed by atoms with E-state index < -0.39 is 0 Å². The van der Waals surface area contributed by atoms with E-state index in [1.54, 1.807) is 0 Å². The molecule has 2 rings (SSSR count). The molecule has 18 heavy (non-hydrogen) atoms. The van der Waals surface area contributed by atoms with E-state index >= 15 is 0 Å². The molecule has 0 aliphatic heterocycles. The number of hydrogen-bond acceptors (Lipinski definition) is 2. The molecule has 94 valence electrons. The maximum absolute atomic E-state index is 5.93. The number of halogens is 1. The second-order valence-electron chi connectivity index (χ2n) is 4.21. The van der Waals surface area contributed by atoms with Gasteiger partial charge in [-0.15, -0.1) is 0 Å². The van der Waals surface area contributed by atoms with Crippen molar-refractivity contribution in [1.82, 2.24) is 0 Å². The van der Waals surface area contributed by atoms with Crippen molar-refractivity contribution in [2.75, 3.05) is 6.54 Å². The fourth-order valence-electron chi connectivity index (χ4n) is 1.80. The van der Waals surface area contributed by atoms with Gasteiger partial charge < -0.3 is 10.5 Å². The van der Waals surface area contributed by atoms with Crippen molar-refractivity contribution in [3.05, 3.63) is 63.2 Å². The van der Waals surface area contributed by atoms with Crippen molar-refractivity contribution >= 4 is 22.6 Å². The van der Waals surface area contributed by atoms with Gasteiger partial charge in [-0.2, -0.15) is 0 Å². The van der Waals surface area contributed by atoms with Crippen molar-refractivity contribution < 1.29 is 4.74 Å². The third-order valence-corrected chi connectivity index (χ3v) is 3.44. The summed E-state index contributed by atoms with van der Waals surface area (Å²) in [7, 11) is 0. The fraction of sp³-hybridized carbons (Fsp3) is 0.200. The Morgan fingerprint density at radius 1 is 1.17 bits per heavy atom. The van der Waals surface area contributed by atoms with Crippen LogP contribution in [0, 0.1) is 10.5 Å². The van der Waals surface area contributed by atoms with E-state index in [1.165, 1.54) is 9.13 Å². The number of nitrogens with two attached hydrogens (primary N) is 1. The molecule has 0 saturated carbocycles. The minimum absolute atomic E-state index is 0.0926. The Morgan fingerprint density at radius 2 is 1.89 bits per heavy atom. The van der Waals surface area contributed by atoms with Crippen LogP contribution < -0.4 is 10.5 Å². The highest BCUT2D eigenvalue weighted by molar-refractivity contribution is 14.1. The van der Waals surface area contributed by atoms with E-state index in [2.05, 4.69) is 47.7 Å². The van der Waals surface area contributed by atoms with E-state index in [9.17, 15) is 0 Å². The molecular formula is C15H16INO. The first-order valence-electron chi connectivity index (χ1n) is 5.88. The largest absolute Gasteiger partial charge is 0.484 e. The van der Waals surface area contributed by atoms with Gasteiger partial charge in [0, 0.05) is 10.1 Å². The molecule has 0 saturated heterocycles. The van der Waals surface area contributed by atoms with Crippen molar-refractivity contribution in [1.29, 1.82) is 0 Å². The summed E-state index contributed by atoms with van der Waals surface area (Å²) < 4.78 is 7.13. The molecule has 0 bridgehead atoms. The van der Waals surface area contributed by atoms with E-state index in [4.69, 9.17) is 10.5 Å². The van der Waals surface area contributed by atoms with Crippen molar-refractivity contribution in [2.24, 2.45) is 5.73 Å². The van der Waals surface area contributed by atoms with Gasteiger partial charge in [-0.3, -0.25) is 0 Å². The quantitative estimate of drug-likeness (QED) is 0.852. The normalized spacial score (nSPS) is 12.2. The van der Waals surface area contributed by atoms with Crippen LogP contribution in [0.1, 0.15) is 17.2 Å². The summed E-state index contributed by atoms with van der Waals surface area (Å²) in [5, 5.41) is 0. The molecule has 0 spiro atoms. The zero-order valence-corrected chi connectivity index (χ0v) is 12.4. The lowest BCUT2D eigenvalue weighted by Gasteiger charge is -2.18. The predicted octanol–water partition coefficient (Wildman–Crippen LogP) is 3.68. The van der Waals surface area contributed by atoms with Crippen LogP contribution in [0.3, 0.4) is 0 Å². The first-order valence-corrected chi connectivity index (χ1v) is 6.96. The van der Waals surface area contributed by atoms with Crippen LogP contribution in [0.5, 0.6) is 5.75 Å². The first-order chi connectivity index (χ1) is 8.69. The molecule has 2 aromatic carbocycles. The molecule has 3 heteroatoms. The van der Waals surface area contributed by atoms with Gasteiger partial charge in [-0.05, 0) is 59.3 Å². The minimum Gasteiger partial charge on any atom is -0.484 e. The van der Waals surface area contributed by atoms with Gasteiger partial charge in [0.25, 0.3) is 0 Å². The summed E-state index contributed by atoms with van der Waals surface area (Å²) >= 11 is 2.28. The standard InChI is InChI=1S/C15H16INO/c1-11-3-2-4-12(9-11)15(10-17)18-14-7-5-13(16)6-8-14/h2-9,15H,10,17H2,1H3. The Labute approximate surface area is 121 Å². The van der Waals surface area contributed by atoms with Gasteiger partial charge in [-0.25, -0.2) is 0 Å². The number of hydrogen-bond donors (Lipinski definition) is 1. The topological polar surface area (TPSA) is 35.2 Å². The second-order valence-corrected chi connectivity index (χ2v) is 5.46. The third kappa shape index (κ3) is 3.46. The number of rotatable bonds is 4. The zero-order valence-electron chi connectivity index (χ0n) is 10.3. The van der Waals surface area contributed by atoms with Crippen LogP contribution >= 0.6 is 22.6 Å². The Kier molecular flexibility index (Phi) is 4.60. The molecule has 0 fully saturated rings. The van der Waals surface area contributed by atoms with Crippen LogP contribution in [0.2, 0.25) is 0 Å². The SMILES string of the molecule is Cc1cccc(C(CN)Oc2ccc(I)cc2)c1. The minimum atomic E-state index is -0.0926. The smallest absolute Gasteiger partial charge is 0.136 e. The second kappa shape index (κ2) is 6.20. The Morgan fingerprint density at radius 3 is 2.50 bits per heavy atom. The summed E-state index contributed by atoms with van der Waals surface area (Å²) in [5.74, 6) is 0.854. The molecule has 0 radical (unpaired) electrons. The molecule has 1 atom stereocenters. The highest BCUT2D eigenvalue weighted by Gasteiger charge is 2.11. The number of benzene rings is 2. The number of aryl methyl sites for hydroxylation is 1. The summed E-state index contributed by atoms with van der Waals surface area (Å²) in [6.07, 6.45) is -0.0926. The molecule has 2 nitrogen and oxygen atoms in total. The zero-order chi connectivity index (χ0) is 13.0. The van der Waals surface area contributed by atoms with Crippen LogP contribution in [-0.4, -0.2) is 6.54 Å². The Balaban J connectivity index is 2.17. The monoisotopic (exact) mass is 353 g/mol. The predicted molar refractivity (Wildman–Crippen MR) is 82.8 cm³/mol. The maximum Gasteiger partial charge on any atom is 0.136 e. The van der Waals surface area contributed by atoms with Crippen molar-refractivity contribution in [3.8, 4) is 5.75 Å². The van der Waals surface area contributed by atoms with E-state index in [0.717, 1.165) is 11.3 Å². The van der Waals surface area contributed by atoms with Gasteiger partial charge in [0.2, 0.25) is 0 Å². The maximum atomic E-state index is 5.93. The molecule has 0 aliphatic rings. The molecule has 0 aromatic heterocycles. The molecule has 1 unspecified atom stereocenters. The average molecular weight is 353 g/mol. The molecular weight excluding hydrogens is 337 g/mol. The van der Waals surface area contributed by atoms with Gasteiger partial charge in [0.1, 0.15) is 11.9 Å². The van der Waals surface area contributed by atoms with Crippen molar-refractivity contribution in [3.63, 3.8) is 0 Å². The number of ether oxygens (including phenoxy) is 1.